The minimum atomic E-state index is -0.250. The number of carbonyl (C=O) groups is 1. The second-order valence-corrected chi connectivity index (χ2v) is 5.53. The van der Waals surface area contributed by atoms with Gasteiger partial charge in [0.15, 0.2) is 0 Å². The van der Waals surface area contributed by atoms with Gasteiger partial charge in [0.25, 0.3) is 0 Å². The highest BCUT2D eigenvalue weighted by Gasteiger charge is 2.29. The SMILES string of the molecule is CN(Cc1cnccn1)C(=O)C1Cc2cc(Cl)ccc2N1. The summed E-state index contributed by atoms with van der Waals surface area (Å²) in [6.45, 7) is 0.446. The van der Waals surface area contributed by atoms with Gasteiger partial charge in [-0.1, -0.05) is 11.6 Å². The molecule has 108 valence electrons. The van der Waals surface area contributed by atoms with Gasteiger partial charge in [0.05, 0.1) is 18.4 Å². The van der Waals surface area contributed by atoms with Crippen molar-refractivity contribution in [3.8, 4) is 0 Å². The molecular formula is C15H15ClN4O. The fraction of sp³-hybridized carbons (Fsp3) is 0.267. The van der Waals surface area contributed by atoms with E-state index in [-0.39, 0.29) is 11.9 Å². The Labute approximate surface area is 128 Å². The summed E-state index contributed by atoms with van der Waals surface area (Å²) in [6.07, 6.45) is 5.56. The average molecular weight is 303 g/mol. The van der Waals surface area contributed by atoms with Gasteiger partial charge in [-0.3, -0.25) is 14.8 Å². The maximum atomic E-state index is 12.5. The molecule has 0 spiro atoms. The summed E-state index contributed by atoms with van der Waals surface area (Å²) in [5.41, 5.74) is 2.83. The number of likely N-dealkylation sites (N-methyl/N-ethyl adjacent to an activating group) is 1. The molecule has 1 aliphatic rings. The predicted molar refractivity (Wildman–Crippen MR) is 81.1 cm³/mol. The molecule has 1 aromatic heterocycles. The molecule has 0 saturated heterocycles. The molecule has 0 aliphatic carbocycles. The van der Waals surface area contributed by atoms with Crippen molar-refractivity contribution in [1.29, 1.82) is 0 Å². The zero-order chi connectivity index (χ0) is 14.8. The van der Waals surface area contributed by atoms with E-state index in [1.165, 1.54) is 0 Å². The fourth-order valence-corrected chi connectivity index (χ4v) is 2.67. The number of rotatable bonds is 3. The Bertz CT molecular complexity index is 662. The molecule has 2 heterocycles. The van der Waals surface area contributed by atoms with Crippen LogP contribution in [0, 0.1) is 0 Å². The number of carbonyl (C=O) groups excluding carboxylic acids is 1. The number of anilines is 1. The standard InChI is InChI=1S/C15H15ClN4O/c1-20(9-12-8-17-4-5-18-12)15(21)14-7-10-6-11(16)2-3-13(10)19-14/h2-6,8,14,19H,7,9H2,1H3. The van der Waals surface area contributed by atoms with Crippen molar-refractivity contribution < 1.29 is 4.79 Å². The quantitative estimate of drug-likeness (QED) is 0.943. The molecule has 1 N–H and O–H groups in total. The third-order valence-corrected chi connectivity index (χ3v) is 3.75. The van der Waals surface area contributed by atoms with Crippen molar-refractivity contribution >= 4 is 23.2 Å². The van der Waals surface area contributed by atoms with E-state index in [0.717, 1.165) is 16.9 Å². The van der Waals surface area contributed by atoms with Gasteiger partial charge in [-0.2, -0.15) is 0 Å². The van der Waals surface area contributed by atoms with Crippen molar-refractivity contribution in [1.82, 2.24) is 14.9 Å². The van der Waals surface area contributed by atoms with Crippen LogP contribution in [-0.4, -0.2) is 33.9 Å². The third-order valence-electron chi connectivity index (χ3n) is 3.51. The molecule has 0 radical (unpaired) electrons. The van der Waals surface area contributed by atoms with E-state index in [1.54, 1.807) is 30.5 Å². The number of nitrogens with one attached hydrogen (secondary N) is 1. The van der Waals surface area contributed by atoms with Crippen LogP contribution in [0.15, 0.2) is 36.8 Å². The minimum Gasteiger partial charge on any atom is -0.373 e. The number of aromatic nitrogens is 2. The number of halogens is 1. The lowest BCUT2D eigenvalue weighted by Gasteiger charge is -2.21. The van der Waals surface area contributed by atoms with E-state index in [0.29, 0.717) is 18.0 Å². The van der Waals surface area contributed by atoms with Crippen molar-refractivity contribution in [3.05, 3.63) is 53.1 Å². The first kappa shape index (κ1) is 13.8. The molecule has 1 atom stereocenters. The van der Waals surface area contributed by atoms with Crippen LogP contribution in [0.25, 0.3) is 0 Å². The number of nitrogens with zero attached hydrogens (tertiary/aromatic N) is 3. The zero-order valence-electron chi connectivity index (χ0n) is 11.6. The Balaban J connectivity index is 1.67. The summed E-state index contributed by atoms with van der Waals surface area (Å²) in [4.78, 5) is 22.3. The van der Waals surface area contributed by atoms with Crippen molar-refractivity contribution in [3.63, 3.8) is 0 Å². The number of benzene rings is 1. The summed E-state index contributed by atoms with van der Waals surface area (Å²) in [7, 11) is 1.77. The van der Waals surface area contributed by atoms with Crippen LogP contribution < -0.4 is 5.32 Å². The van der Waals surface area contributed by atoms with Gasteiger partial charge >= 0.3 is 0 Å². The lowest BCUT2D eigenvalue weighted by molar-refractivity contribution is -0.131. The second kappa shape index (κ2) is 5.69. The lowest BCUT2D eigenvalue weighted by atomic mass is 10.1. The molecule has 21 heavy (non-hydrogen) atoms. The maximum Gasteiger partial charge on any atom is 0.245 e. The molecule has 0 bridgehead atoms. The third kappa shape index (κ3) is 2.97. The summed E-state index contributed by atoms with van der Waals surface area (Å²) in [5.74, 6) is 0.0352. The Morgan fingerprint density at radius 3 is 3.10 bits per heavy atom. The summed E-state index contributed by atoms with van der Waals surface area (Å²) >= 11 is 5.98. The summed E-state index contributed by atoms with van der Waals surface area (Å²) < 4.78 is 0. The van der Waals surface area contributed by atoms with Crippen LogP contribution in [0.3, 0.4) is 0 Å². The van der Waals surface area contributed by atoms with E-state index in [9.17, 15) is 4.79 Å². The second-order valence-electron chi connectivity index (χ2n) is 5.09. The van der Waals surface area contributed by atoms with Crippen LogP contribution in [0.5, 0.6) is 0 Å². The molecule has 6 heteroatoms. The number of hydrogen-bond donors (Lipinski definition) is 1. The van der Waals surface area contributed by atoms with E-state index in [2.05, 4.69) is 15.3 Å². The Morgan fingerprint density at radius 1 is 1.48 bits per heavy atom. The summed E-state index contributed by atoms with van der Waals surface area (Å²) in [5, 5.41) is 3.93. The van der Waals surface area contributed by atoms with Crippen LogP contribution in [0.4, 0.5) is 5.69 Å². The first-order chi connectivity index (χ1) is 10.1. The molecule has 1 aliphatic heterocycles. The Morgan fingerprint density at radius 2 is 2.33 bits per heavy atom. The zero-order valence-corrected chi connectivity index (χ0v) is 12.3. The highest BCUT2D eigenvalue weighted by Crippen LogP contribution is 2.29. The number of fused-ring (bicyclic) bond motifs is 1. The molecule has 0 fully saturated rings. The Hall–Kier alpha value is -2.14. The first-order valence-electron chi connectivity index (χ1n) is 6.68. The molecule has 2 aromatic rings. The topological polar surface area (TPSA) is 58.1 Å². The average Bonchev–Trinajstić information content (AvgIpc) is 2.90. The van der Waals surface area contributed by atoms with E-state index in [4.69, 9.17) is 11.6 Å². The molecule has 0 saturated carbocycles. The highest BCUT2D eigenvalue weighted by molar-refractivity contribution is 6.30. The molecule has 1 unspecified atom stereocenters. The predicted octanol–water partition coefficient (Wildman–Crippen LogP) is 2.13. The maximum absolute atomic E-state index is 12.5. The smallest absolute Gasteiger partial charge is 0.245 e. The fourth-order valence-electron chi connectivity index (χ4n) is 2.48. The van der Waals surface area contributed by atoms with Gasteiger partial charge in [-0.25, -0.2) is 0 Å². The van der Waals surface area contributed by atoms with Crippen LogP contribution in [0.1, 0.15) is 11.3 Å². The van der Waals surface area contributed by atoms with Crippen molar-refractivity contribution in [2.24, 2.45) is 0 Å². The van der Waals surface area contributed by atoms with E-state index < -0.39 is 0 Å². The van der Waals surface area contributed by atoms with Gasteiger partial charge in [0, 0.05) is 36.6 Å². The molecule has 3 rings (SSSR count). The molecular weight excluding hydrogens is 288 g/mol. The van der Waals surface area contributed by atoms with Crippen molar-refractivity contribution in [2.75, 3.05) is 12.4 Å². The monoisotopic (exact) mass is 302 g/mol. The highest BCUT2D eigenvalue weighted by atomic mass is 35.5. The Kier molecular flexibility index (Phi) is 3.75. The molecule has 5 nitrogen and oxygen atoms in total. The van der Waals surface area contributed by atoms with Crippen LogP contribution in [0.2, 0.25) is 5.02 Å². The number of hydrogen-bond acceptors (Lipinski definition) is 4. The van der Waals surface area contributed by atoms with Gasteiger partial charge in [0.1, 0.15) is 6.04 Å². The minimum absolute atomic E-state index is 0.0352. The van der Waals surface area contributed by atoms with E-state index >= 15 is 0 Å². The van der Waals surface area contributed by atoms with Gasteiger partial charge < -0.3 is 10.2 Å². The summed E-state index contributed by atoms with van der Waals surface area (Å²) in [6, 6.07) is 5.39. The number of amides is 1. The first-order valence-corrected chi connectivity index (χ1v) is 7.06. The van der Waals surface area contributed by atoms with Crippen LogP contribution in [-0.2, 0) is 17.8 Å². The van der Waals surface area contributed by atoms with Gasteiger partial charge in [-0.15, -0.1) is 0 Å². The molecule has 1 amide bonds. The van der Waals surface area contributed by atoms with Gasteiger partial charge in [0.2, 0.25) is 5.91 Å². The van der Waals surface area contributed by atoms with Gasteiger partial charge in [-0.05, 0) is 23.8 Å². The van der Waals surface area contributed by atoms with Crippen molar-refractivity contribution in [2.45, 2.75) is 19.0 Å². The lowest BCUT2D eigenvalue weighted by Crippen LogP contribution is -2.39. The van der Waals surface area contributed by atoms with E-state index in [1.807, 2.05) is 18.2 Å². The van der Waals surface area contributed by atoms with Crippen LogP contribution >= 0.6 is 11.6 Å². The largest absolute Gasteiger partial charge is 0.373 e. The molecule has 1 aromatic carbocycles. The normalized spacial score (nSPS) is 16.2.